The minimum Gasteiger partial charge on any atom is -0.497 e. The van der Waals surface area contributed by atoms with Gasteiger partial charge in [0, 0.05) is 41.5 Å². The molecule has 2 fully saturated rings. The van der Waals surface area contributed by atoms with E-state index in [1.807, 2.05) is 36.4 Å². The number of carbonyl (C=O) groups is 2. The summed E-state index contributed by atoms with van der Waals surface area (Å²) in [7, 11) is 3.24. The highest BCUT2D eigenvalue weighted by molar-refractivity contribution is 5.97. The lowest BCUT2D eigenvalue weighted by Gasteiger charge is -2.47. The van der Waals surface area contributed by atoms with E-state index in [0.717, 1.165) is 67.0 Å². The van der Waals surface area contributed by atoms with Gasteiger partial charge in [-0.15, -0.1) is 0 Å². The quantitative estimate of drug-likeness (QED) is 0.490. The van der Waals surface area contributed by atoms with Gasteiger partial charge in [0.2, 0.25) is 11.8 Å². The summed E-state index contributed by atoms with van der Waals surface area (Å²) in [4.78, 5) is 36.4. The van der Waals surface area contributed by atoms with Crippen molar-refractivity contribution in [2.24, 2.45) is 0 Å². The van der Waals surface area contributed by atoms with E-state index in [2.05, 4.69) is 11.1 Å². The number of nitrogens with one attached hydrogen (secondary N) is 2. The van der Waals surface area contributed by atoms with E-state index in [1.54, 1.807) is 24.0 Å². The van der Waals surface area contributed by atoms with Gasteiger partial charge < -0.3 is 33.9 Å². The topological polar surface area (TPSA) is 88.5 Å². The Kier molecular flexibility index (Phi) is 6.71. The number of hydrogen-bond acceptors (Lipinski definition) is 5. The summed E-state index contributed by atoms with van der Waals surface area (Å²) in [6.45, 7) is 5.23. The number of hydrogen-bond donors (Lipinski definition) is 2. The number of fused-ring (bicyclic) bond motifs is 4. The zero-order chi connectivity index (χ0) is 26.2. The SMILES string of the molecule is COc1ccc(OC)c([C@H]2c3[nH]c4ccccc4c3C[C@H]3C(=O)N(CCC[NH+]4CCOCC4)CC(=O)N23)c1. The molecule has 2 atom stereocenters. The number of ether oxygens (including phenoxy) is 3. The Hall–Kier alpha value is -3.56. The first-order valence-corrected chi connectivity index (χ1v) is 13.4. The maximum atomic E-state index is 13.9. The second-order valence-corrected chi connectivity index (χ2v) is 10.3. The van der Waals surface area contributed by atoms with Gasteiger partial charge >= 0.3 is 0 Å². The number of para-hydroxylation sites is 1. The molecule has 0 radical (unpaired) electrons. The van der Waals surface area contributed by atoms with Crippen molar-refractivity contribution in [2.45, 2.75) is 24.9 Å². The summed E-state index contributed by atoms with van der Waals surface area (Å²) in [5.41, 5.74) is 3.81. The van der Waals surface area contributed by atoms with Gasteiger partial charge in [0.1, 0.15) is 36.7 Å². The average Bonchev–Trinajstić information content (AvgIpc) is 3.33. The summed E-state index contributed by atoms with van der Waals surface area (Å²) in [5.74, 6) is 1.29. The van der Waals surface area contributed by atoms with Crippen LogP contribution in [0.5, 0.6) is 11.5 Å². The number of methoxy groups -OCH3 is 2. The van der Waals surface area contributed by atoms with Gasteiger partial charge in [0.05, 0.1) is 40.5 Å². The molecule has 4 heterocycles. The van der Waals surface area contributed by atoms with Gasteiger partial charge in [-0.25, -0.2) is 0 Å². The van der Waals surface area contributed by atoms with Gasteiger partial charge in [0.25, 0.3) is 0 Å². The number of quaternary nitrogens is 1. The van der Waals surface area contributed by atoms with Gasteiger partial charge in [-0.05, 0) is 29.8 Å². The number of aromatic nitrogens is 1. The van der Waals surface area contributed by atoms with E-state index in [0.29, 0.717) is 24.5 Å². The van der Waals surface area contributed by atoms with Crippen molar-refractivity contribution < 1.29 is 28.7 Å². The van der Waals surface area contributed by atoms with Crippen LogP contribution in [0.25, 0.3) is 10.9 Å². The number of aromatic amines is 1. The molecule has 3 aliphatic heterocycles. The van der Waals surface area contributed by atoms with Gasteiger partial charge in [0.15, 0.2) is 0 Å². The normalized spacial score (nSPS) is 21.9. The van der Waals surface area contributed by atoms with Crippen molar-refractivity contribution >= 4 is 22.7 Å². The van der Waals surface area contributed by atoms with E-state index in [1.165, 1.54) is 4.90 Å². The van der Waals surface area contributed by atoms with Crippen molar-refractivity contribution in [3.63, 3.8) is 0 Å². The molecule has 2 saturated heterocycles. The van der Waals surface area contributed by atoms with Crippen molar-refractivity contribution in [1.82, 2.24) is 14.8 Å². The Morgan fingerprint density at radius 2 is 1.89 bits per heavy atom. The van der Waals surface area contributed by atoms with Crippen LogP contribution in [0.4, 0.5) is 0 Å². The third-order valence-corrected chi connectivity index (χ3v) is 8.23. The molecule has 200 valence electrons. The summed E-state index contributed by atoms with van der Waals surface area (Å²) < 4.78 is 16.7. The fourth-order valence-electron chi connectivity index (χ4n) is 6.32. The van der Waals surface area contributed by atoms with Crippen LogP contribution >= 0.6 is 0 Å². The molecule has 3 aromatic rings. The average molecular weight is 520 g/mol. The third kappa shape index (κ3) is 4.29. The van der Waals surface area contributed by atoms with Crippen molar-refractivity contribution in [2.75, 3.05) is 60.2 Å². The third-order valence-electron chi connectivity index (χ3n) is 8.23. The lowest BCUT2D eigenvalue weighted by atomic mass is 9.85. The molecule has 9 nitrogen and oxygen atoms in total. The van der Waals surface area contributed by atoms with Crippen LogP contribution < -0.4 is 14.4 Å². The first kappa shape index (κ1) is 24.8. The highest BCUT2D eigenvalue weighted by atomic mass is 16.5. The molecule has 0 aliphatic carbocycles. The van der Waals surface area contributed by atoms with Crippen molar-refractivity contribution in [3.05, 3.63) is 59.3 Å². The number of carbonyl (C=O) groups excluding carboxylic acids is 2. The van der Waals surface area contributed by atoms with E-state index in [-0.39, 0.29) is 18.4 Å². The smallest absolute Gasteiger partial charge is 0.246 e. The number of morpholine rings is 1. The minimum atomic E-state index is -0.570. The van der Waals surface area contributed by atoms with Crippen molar-refractivity contribution in [1.29, 1.82) is 0 Å². The number of H-pyrrole nitrogens is 1. The number of piperazine rings is 1. The van der Waals surface area contributed by atoms with Crippen LogP contribution in [0.3, 0.4) is 0 Å². The number of benzene rings is 2. The molecular weight excluding hydrogens is 484 g/mol. The molecule has 2 aromatic carbocycles. The fourth-order valence-corrected chi connectivity index (χ4v) is 6.32. The van der Waals surface area contributed by atoms with Crippen LogP contribution in [-0.4, -0.2) is 92.8 Å². The van der Waals surface area contributed by atoms with E-state index in [4.69, 9.17) is 14.2 Å². The van der Waals surface area contributed by atoms with Gasteiger partial charge in [-0.3, -0.25) is 9.59 Å². The Morgan fingerprint density at radius 1 is 1.08 bits per heavy atom. The molecule has 38 heavy (non-hydrogen) atoms. The Balaban J connectivity index is 1.36. The van der Waals surface area contributed by atoms with Crippen LogP contribution in [0, 0.1) is 0 Å². The molecule has 0 unspecified atom stereocenters. The first-order valence-electron chi connectivity index (χ1n) is 13.4. The molecule has 3 aliphatic rings. The molecule has 0 saturated carbocycles. The minimum absolute atomic E-state index is 0.0179. The molecule has 6 rings (SSSR count). The van der Waals surface area contributed by atoms with Crippen LogP contribution in [0.2, 0.25) is 0 Å². The summed E-state index contributed by atoms with van der Waals surface area (Å²) in [6.07, 6.45) is 1.35. The monoisotopic (exact) mass is 519 g/mol. The predicted molar refractivity (Wildman–Crippen MR) is 142 cm³/mol. The second kappa shape index (κ2) is 10.3. The molecule has 9 heteroatoms. The number of amides is 2. The maximum Gasteiger partial charge on any atom is 0.246 e. The molecule has 0 spiro atoms. The highest BCUT2D eigenvalue weighted by Crippen LogP contribution is 2.45. The van der Waals surface area contributed by atoms with E-state index < -0.39 is 12.1 Å². The lowest BCUT2D eigenvalue weighted by molar-refractivity contribution is -0.908. The Bertz CT molecular complexity index is 1350. The van der Waals surface area contributed by atoms with Crippen molar-refractivity contribution in [3.8, 4) is 11.5 Å². The Morgan fingerprint density at radius 3 is 2.68 bits per heavy atom. The first-order chi connectivity index (χ1) is 18.6. The zero-order valence-electron chi connectivity index (χ0n) is 22.0. The van der Waals surface area contributed by atoms with Gasteiger partial charge in [-0.2, -0.15) is 0 Å². The summed E-state index contributed by atoms with van der Waals surface area (Å²) in [6, 6.07) is 12.7. The standard InChI is InChI=1S/C29H34N4O5/c1-36-19-8-9-25(37-2)22(16-19)28-27-21(20-6-3-4-7-23(20)30-27)17-24-29(35)32(18-26(34)33(24)28)11-5-10-31-12-14-38-15-13-31/h3-4,6-9,16,24,28,30H,5,10-15,17-18H2,1-2H3/p+1/t24-,28-/m0/s1. The lowest BCUT2D eigenvalue weighted by Crippen LogP contribution is -3.14. The van der Waals surface area contributed by atoms with E-state index >= 15 is 0 Å². The molecule has 0 bridgehead atoms. The van der Waals surface area contributed by atoms with Crippen LogP contribution in [0.15, 0.2) is 42.5 Å². The van der Waals surface area contributed by atoms with Gasteiger partial charge in [-0.1, -0.05) is 18.2 Å². The summed E-state index contributed by atoms with van der Waals surface area (Å²) >= 11 is 0. The Labute approximate surface area is 222 Å². The number of rotatable bonds is 7. The zero-order valence-corrected chi connectivity index (χ0v) is 22.0. The highest BCUT2D eigenvalue weighted by Gasteiger charge is 2.48. The largest absolute Gasteiger partial charge is 0.497 e. The summed E-state index contributed by atoms with van der Waals surface area (Å²) in [5, 5.41) is 1.09. The maximum absolute atomic E-state index is 13.9. The second-order valence-electron chi connectivity index (χ2n) is 10.3. The fraction of sp³-hybridized carbons (Fsp3) is 0.448. The molecule has 2 N–H and O–H groups in total. The molecular formula is C29H35N4O5+. The predicted octanol–water partition coefficient (Wildman–Crippen LogP) is 1.18. The molecule has 1 aromatic heterocycles. The van der Waals surface area contributed by atoms with Crippen LogP contribution in [0.1, 0.15) is 29.3 Å². The van der Waals surface area contributed by atoms with E-state index in [9.17, 15) is 9.59 Å². The molecule has 2 amide bonds. The van der Waals surface area contributed by atoms with Crippen LogP contribution in [-0.2, 0) is 20.7 Å². The number of nitrogens with zero attached hydrogens (tertiary/aromatic N) is 2.